The second-order valence-electron chi connectivity index (χ2n) is 6.23. The first-order valence-corrected chi connectivity index (χ1v) is 9.38. The Morgan fingerprint density at radius 3 is 2.39 bits per heavy atom. The van der Waals surface area contributed by atoms with Gasteiger partial charge in [-0.25, -0.2) is 4.79 Å². The third-order valence-corrected chi connectivity index (χ3v) is 5.51. The number of halogens is 2. The van der Waals surface area contributed by atoms with E-state index in [0.717, 1.165) is 20.1 Å². The quantitative estimate of drug-likeness (QED) is 0.149. The van der Waals surface area contributed by atoms with Crippen molar-refractivity contribution in [3.8, 4) is 11.1 Å². The summed E-state index contributed by atoms with van der Waals surface area (Å²) in [6.07, 6.45) is 0. The van der Waals surface area contributed by atoms with E-state index in [2.05, 4.69) is 22.6 Å². The van der Waals surface area contributed by atoms with Crippen molar-refractivity contribution in [1.29, 1.82) is 0 Å². The predicted molar refractivity (Wildman–Crippen MR) is 125 cm³/mol. The lowest BCUT2D eigenvalue weighted by molar-refractivity contribution is 0.561. The van der Waals surface area contributed by atoms with Gasteiger partial charge >= 0.3 is 5.63 Å². The van der Waals surface area contributed by atoms with E-state index in [1.165, 1.54) is 6.07 Å². The zero-order valence-corrected chi connectivity index (χ0v) is 18.1. The van der Waals surface area contributed by atoms with Crippen molar-refractivity contribution < 1.29 is 8.83 Å². The molecule has 0 bridgehead atoms. The maximum Gasteiger partial charge on any atom is 0.336 e. The van der Waals surface area contributed by atoms with Crippen molar-refractivity contribution in [1.82, 2.24) is 0 Å². The Balaban J connectivity index is 0.00000192. The number of benzene rings is 3. The molecule has 0 N–H and O–H groups in total. The van der Waals surface area contributed by atoms with Crippen LogP contribution in [-0.4, -0.2) is 0 Å². The van der Waals surface area contributed by atoms with Crippen LogP contribution in [-0.2, 0) is 0 Å². The van der Waals surface area contributed by atoms with Gasteiger partial charge in [0.1, 0.15) is 16.7 Å². The summed E-state index contributed by atoms with van der Waals surface area (Å²) in [5.41, 5.74) is 2.68. The first kappa shape index (κ1) is 18.9. The minimum absolute atomic E-state index is 0. The maximum absolute atomic E-state index is 13.2. The van der Waals surface area contributed by atoms with Crippen LogP contribution in [0.15, 0.2) is 85.2 Å². The second-order valence-corrected chi connectivity index (χ2v) is 7.39. The van der Waals surface area contributed by atoms with Gasteiger partial charge in [-0.2, -0.15) is 0 Å². The lowest BCUT2D eigenvalue weighted by atomic mass is 9.99. The highest BCUT2D eigenvalue weighted by Crippen LogP contribution is 2.34. The summed E-state index contributed by atoms with van der Waals surface area (Å²) in [5.74, 6) is 0. The van der Waals surface area contributed by atoms with Crippen LogP contribution in [0.2, 0.25) is 0 Å². The van der Waals surface area contributed by atoms with Crippen LogP contribution in [0.25, 0.3) is 44.0 Å². The van der Waals surface area contributed by atoms with E-state index in [4.69, 9.17) is 8.83 Å². The molecule has 0 unspecified atom stereocenters. The number of hydrogen-bond donors (Lipinski definition) is 0. The van der Waals surface area contributed by atoms with Crippen LogP contribution in [0.1, 0.15) is 0 Å². The van der Waals surface area contributed by atoms with Crippen LogP contribution in [0, 0.1) is 3.57 Å². The standard InChI is InChI=1S/C22H11IO4.BrH/c23-15-8-9-17-21(22(25)14-3-1-2-4-16(14)26-17)20(15)13-6-5-12-7-10-19(24)27-18(12)11-13;/h1-11H;1H. The van der Waals surface area contributed by atoms with E-state index in [9.17, 15) is 9.59 Å². The highest BCUT2D eigenvalue weighted by atomic mass is 127. The normalized spacial score (nSPS) is 11.0. The molecule has 5 aromatic rings. The van der Waals surface area contributed by atoms with Crippen LogP contribution < -0.4 is 11.1 Å². The molecule has 0 aliphatic carbocycles. The maximum atomic E-state index is 13.2. The summed E-state index contributed by atoms with van der Waals surface area (Å²) < 4.78 is 12.2. The molecule has 5 rings (SSSR count). The topological polar surface area (TPSA) is 60.4 Å². The summed E-state index contributed by atoms with van der Waals surface area (Å²) in [7, 11) is 0. The van der Waals surface area contributed by atoms with Crippen molar-refractivity contribution in [2.45, 2.75) is 0 Å². The van der Waals surface area contributed by atoms with Crippen molar-refractivity contribution >= 4 is 72.5 Å². The molecule has 2 heterocycles. The van der Waals surface area contributed by atoms with Crippen molar-refractivity contribution in [3.05, 3.63) is 90.9 Å². The van der Waals surface area contributed by atoms with Crippen LogP contribution in [0.4, 0.5) is 0 Å². The van der Waals surface area contributed by atoms with E-state index in [-0.39, 0.29) is 22.4 Å². The monoisotopic (exact) mass is 546 g/mol. The van der Waals surface area contributed by atoms with Gasteiger partial charge in [-0.1, -0.05) is 24.3 Å². The van der Waals surface area contributed by atoms with Gasteiger partial charge < -0.3 is 8.83 Å². The third-order valence-electron chi connectivity index (χ3n) is 4.61. The van der Waals surface area contributed by atoms with E-state index >= 15 is 0 Å². The van der Waals surface area contributed by atoms with Crippen LogP contribution in [0.5, 0.6) is 0 Å². The van der Waals surface area contributed by atoms with Crippen molar-refractivity contribution in [2.75, 3.05) is 0 Å². The molecule has 0 fully saturated rings. The fraction of sp³-hybridized carbons (Fsp3) is 0. The minimum Gasteiger partial charge on any atom is -0.456 e. The van der Waals surface area contributed by atoms with Crippen LogP contribution in [0.3, 0.4) is 0 Å². The SMILES string of the molecule is Br.O=c1ccc2ccc(-c3c(I)ccc4oc5ccccc5c(=O)c34)cc2o1. The Morgan fingerprint density at radius 2 is 1.54 bits per heavy atom. The van der Waals surface area contributed by atoms with Gasteiger partial charge in [0.25, 0.3) is 0 Å². The summed E-state index contributed by atoms with van der Waals surface area (Å²) in [5, 5.41) is 1.89. The summed E-state index contributed by atoms with van der Waals surface area (Å²) in [4.78, 5) is 24.8. The molecule has 138 valence electrons. The molecular weight excluding hydrogens is 535 g/mol. The Bertz CT molecular complexity index is 1480. The molecule has 0 aliphatic rings. The number of rotatable bonds is 1. The Morgan fingerprint density at radius 1 is 0.750 bits per heavy atom. The van der Waals surface area contributed by atoms with Gasteiger partial charge in [0.15, 0.2) is 0 Å². The fourth-order valence-electron chi connectivity index (χ4n) is 3.36. The van der Waals surface area contributed by atoms with E-state index in [1.54, 1.807) is 24.3 Å². The molecule has 3 aromatic carbocycles. The molecule has 6 heteroatoms. The first-order chi connectivity index (χ1) is 13.1. The first-order valence-electron chi connectivity index (χ1n) is 8.30. The molecule has 4 nitrogen and oxygen atoms in total. The molecule has 0 saturated carbocycles. The Kier molecular flexibility index (Phi) is 4.84. The molecule has 0 amide bonds. The zero-order valence-electron chi connectivity index (χ0n) is 14.3. The van der Waals surface area contributed by atoms with Gasteiger partial charge in [0.05, 0.1) is 10.8 Å². The van der Waals surface area contributed by atoms with Gasteiger partial charge in [0, 0.05) is 20.6 Å². The average molecular weight is 547 g/mol. The van der Waals surface area contributed by atoms with Gasteiger partial charge in [-0.05, 0) is 64.6 Å². The lowest BCUT2D eigenvalue weighted by Crippen LogP contribution is -2.05. The number of para-hydroxylation sites is 1. The minimum atomic E-state index is -0.405. The largest absolute Gasteiger partial charge is 0.456 e. The van der Waals surface area contributed by atoms with E-state index < -0.39 is 5.63 Å². The highest BCUT2D eigenvalue weighted by molar-refractivity contribution is 14.1. The van der Waals surface area contributed by atoms with Crippen molar-refractivity contribution in [3.63, 3.8) is 0 Å². The second kappa shape index (κ2) is 7.18. The van der Waals surface area contributed by atoms with Crippen molar-refractivity contribution in [2.24, 2.45) is 0 Å². The fourth-order valence-corrected chi connectivity index (χ4v) is 4.12. The summed E-state index contributed by atoms with van der Waals surface area (Å²) >= 11 is 2.21. The Hall–Kier alpha value is -2.45. The predicted octanol–water partition coefficient (Wildman–Crippen LogP) is 5.90. The highest BCUT2D eigenvalue weighted by Gasteiger charge is 2.16. The average Bonchev–Trinajstić information content (AvgIpc) is 2.68. The Labute approximate surface area is 182 Å². The number of hydrogen-bond acceptors (Lipinski definition) is 4. The molecule has 28 heavy (non-hydrogen) atoms. The van der Waals surface area contributed by atoms with Gasteiger partial charge in [-0.3, -0.25) is 4.79 Å². The van der Waals surface area contributed by atoms with Gasteiger partial charge in [0.2, 0.25) is 5.43 Å². The molecule has 0 atom stereocenters. The van der Waals surface area contributed by atoms with Gasteiger partial charge in [-0.15, -0.1) is 17.0 Å². The smallest absolute Gasteiger partial charge is 0.336 e. The molecule has 2 aromatic heterocycles. The van der Waals surface area contributed by atoms with Crippen LogP contribution >= 0.6 is 39.6 Å². The molecule has 0 aliphatic heterocycles. The third kappa shape index (κ3) is 2.97. The molecule has 0 spiro atoms. The lowest BCUT2D eigenvalue weighted by Gasteiger charge is -2.10. The molecule has 0 radical (unpaired) electrons. The molecule has 0 saturated heterocycles. The van der Waals surface area contributed by atoms with E-state index in [0.29, 0.717) is 27.5 Å². The molecular formula is C22H12BrIO4. The summed E-state index contributed by atoms with van der Waals surface area (Å²) in [6.45, 7) is 0. The van der Waals surface area contributed by atoms with E-state index in [1.807, 2.05) is 36.4 Å². The number of fused-ring (bicyclic) bond motifs is 3. The zero-order chi connectivity index (χ0) is 18.5. The summed E-state index contributed by atoms with van der Waals surface area (Å²) in [6, 6.07) is 19.7.